The van der Waals surface area contributed by atoms with Crippen LogP contribution in [0, 0.1) is 0 Å². The number of carbonyl (C=O) groups is 1. The highest BCUT2D eigenvalue weighted by Gasteiger charge is 2.33. The lowest BCUT2D eigenvalue weighted by Crippen LogP contribution is -2.56. The van der Waals surface area contributed by atoms with E-state index < -0.39 is 5.60 Å². The predicted molar refractivity (Wildman–Crippen MR) is 64.4 cm³/mol. The molecule has 0 saturated carbocycles. The Morgan fingerprint density at radius 1 is 1.25 bits per heavy atom. The minimum absolute atomic E-state index is 0.0866. The fraction of sp³-hybridized carbons (Fsp3) is 0.909. The molecule has 0 aromatic carbocycles. The molecule has 4 nitrogen and oxygen atoms in total. The molecular weight excluding hydrogens is 228 g/mol. The van der Waals surface area contributed by atoms with Gasteiger partial charge in [0, 0.05) is 25.2 Å². The molecule has 1 amide bonds. The summed E-state index contributed by atoms with van der Waals surface area (Å²) in [6.45, 7) is 10.9. The largest absolute Gasteiger partial charge is 0.444 e. The molecule has 0 bridgehead atoms. The number of halogens is 1. The molecule has 1 fully saturated rings. The zero-order valence-corrected chi connectivity index (χ0v) is 11.4. The van der Waals surface area contributed by atoms with Gasteiger partial charge in [0.05, 0.1) is 0 Å². The van der Waals surface area contributed by atoms with Crippen molar-refractivity contribution >= 4 is 17.9 Å². The Morgan fingerprint density at radius 3 is 2.31 bits per heavy atom. The van der Waals surface area contributed by atoms with Crippen molar-refractivity contribution in [2.45, 2.75) is 52.3 Å². The molecular formula is C11H21ClN2O2. The highest BCUT2D eigenvalue weighted by molar-refractivity contribution is 6.13. The predicted octanol–water partition coefficient (Wildman–Crippen LogP) is 2.47. The summed E-state index contributed by atoms with van der Waals surface area (Å²) in [4.78, 5) is 13.7. The number of rotatable bonds is 0. The third kappa shape index (κ3) is 3.52. The van der Waals surface area contributed by atoms with Crippen LogP contribution in [0.2, 0.25) is 0 Å². The molecule has 94 valence electrons. The van der Waals surface area contributed by atoms with Gasteiger partial charge >= 0.3 is 6.09 Å². The first kappa shape index (κ1) is 13.6. The zero-order chi connectivity index (χ0) is 12.5. The van der Waals surface area contributed by atoms with Gasteiger partial charge in [0.15, 0.2) is 0 Å². The van der Waals surface area contributed by atoms with Crippen molar-refractivity contribution in [3.63, 3.8) is 0 Å². The van der Waals surface area contributed by atoms with Crippen LogP contribution < -0.4 is 0 Å². The van der Waals surface area contributed by atoms with Gasteiger partial charge in [0.25, 0.3) is 0 Å². The Kier molecular flexibility index (Phi) is 4.07. The summed E-state index contributed by atoms with van der Waals surface area (Å²) in [7, 11) is 0. The number of nitrogens with zero attached hydrogens (tertiary/aromatic N) is 2. The van der Waals surface area contributed by atoms with Crippen LogP contribution in [0.25, 0.3) is 0 Å². The molecule has 5 heteroatoms. The number of amides is 1. The quantitative estimate of drug-likeness (QED) is 0.618. The number of ether oxygens (including phenoxy) is 1. The first-order valence-electron chi connectivity index (χ1n) is 5.63. The van der Waals surface area contributed by atoms with E-state index in [1.165, 1.54) is 0 Å². The number of piperazine rings is 1. The third-order valence-corrected chi connectivity index (χ3v) is 3.01. The Hall–Kier alpha value is -0.480. The van der Waals surface area contributed by atoms with Crippen molar-refractivity contribution in [1.29, 1.82) is 0 Å². The van der Waals surface area contributed by atoms with Crippen LogP contribution in [0.3, 0.4) is 0 Å². The molecule has 1 heterocycles. The molecule has 0 radical (unpaired) electrons. The maximum absolute atomic E-state index is 11.9. The first-order valence-corrected chi connectivity index (χ1v) is 5.96. The summed E-state index contributed by atoms with van der Waals surface area (Å²) in [5, 5.41) is 0. The van der Waals surface area contributed by atoms with Crippen molar-refractivity contribution in [2.24, 2.45) is 0 Å². The van der Waals surface area contributed by atoms with E-state index >= 15 is 0 Å². The molecule has 1 saturated heterocycles. The van der Waals surface area contributed by atoms with E-state index in [2.05, 4.69) is 0 Å². The molecule has 0 N–H and O–H groups in total. The van der Waals surface area contributed by atoms with Crippen molar-refractivity contribution in [3.8, 4) is 0 Å². The van der Waals surface area contributed by atoms with Gasteiger partial charge in [-0.25, -0.2) is 9.21 Å². The van der Waals surface area contributed by atoms with E-state index in [0.717, 1.165) is 0 Å². The summed E-state index contributed by atoms with van der Waals surface area (Å²) < 4.78 is 7.10. The smallest absolute Gasteiger partial charge is 0.410 e. The average Bonchev–Trinajstić information content (AvgIpc) is 2.08. The van der Waals surface area contributed by atoms with Gasteiger partial charge in [-0.2, -0.15) is 0 Å². The van der Waals surface area contributed by atoms with Crippen molar-refractivity contribution in [3.05, 3.63) is 0 Å². The monoisotopic (exact) mass is 248 g/mol. The van der Waals surface area contributed by atoms with E-state index in [9.17, 15) is 4.79 Å². The first-order chi connectivity index (χ1) is 7.20. The van der Waals surface area contributed by atoms with Crippen LogP contribution in [0.5, 0.6) is 0 Å². The van der Waals surface area contributed by atoms with Gasteiger partial charge in [0.1, 0.15) is 5.60 Å². The maximum atomic E-state index is 11.9. The fourth-order valence-corrected chi connectivity index (χ4v) is 1.92. The molecule has 0 aliphatic carbocycles. The van der Waals surface area contributed by atoms with Crippen LogP contribution >= 0.6 is 11.8 Å². The van der Waals surface area contributed by atoms with E-state index in [4.69, 9.17) is 16.5 Å². The van der Waals surface area contributed by atoms with Crippen molar-refractivity contribution in [2.75, 3.05) is 13.1 Å². The second kappa shape index (κ2) is 4.80. The number of hydrogen-bond donors (Lipinski definition) is 0. The summed E-state index contributed by atoms with van der Waals surface area (Å²) in [5.74, 6) is 0. The Morgan fingerprint density at radius 2 is 1.81 bits per heavy atom. The van der Waals surface area contributed by atoms with Gasteiger partial charge < -0.3 is 9.64 Å². The molecule has 1 aliphatic rings. The molecule has 0 spiro atoms. The average molecular weight is 249 g/mol. The van der Waals surface area contributed by atoms with Gasteiger partial charge in [-0.15, -0.1) is 0 Å². The number of carbonyl (C=O) groups excluding carboxylic acids is 1. The van der Waals surface area contributed by atoms with Crippen LogP contribution in [-0.2, 0) is 4.74 Å². The maximum Gasteiger partial charge on any atom is 0.410 e. The topological polar surface area (TPSA) is 32.8 Å². The highest BCUT2D eigenvalue weighted by Crippen LogP contribution is 2.19. The standard InChI is InChI=1S/C11H21ClN2O2/c1-8-7-14(12)9(2)6-13(8)10(15)16-11(3,4)5/h8-9H,6-7H2,1-5H3. The van der Waals surface area contributed by atoms with Crippen LogP contribution in [0.1, 0.15) is 34.6 Å². The molecule has 16 heavy (non-hydrogen) atoms. The van der Waals surface area contributed by atoms with E-state index in [1.807, 2.05) is 34.6 Å². The molecule has 1 aliphatic heterocycles. The molecule has 0 aromatic heterocycles. The zero-order valence-electron chi connectivity index (χ0n) is 10.7. The molecule has 0 aromatic rings. The molecule has 2 atom stereocenters. The minimum Gasteiger partial charge on any atom is -0.444 e. The van der Waals surface area contributed by atoms with Crippen LogP contribution in [0.15, 0.2) is 0 Å². The van der Waals surface area contributed by atoms with Gasteiger partial charge in [-0.05, 0) is 46.4 Å². The van der Waals surface area contributed by atoms with Crippen molar-refractivity contribution in [1.82, 2.24) is 9.32 Å². The molecule has 1 rings (SSSR count). The number of hydrogen-bond acceptors (Lipinski definition) is 3. The lowest BCUT2D eigenvalue weighted by Gasteiger charge is -2.41. The fourth-order valence-electron chi connectivity index (χ4n) is 1.66. The Labute approximate surface area is 103 Å². The SMILES string of the molecule is CC1CN(C(=O)OC(C)(C)C)C(C)CN1Cl. The molecule has 2 unspecified atom stereocenters. The Balaban J connectivity index is 2.62. The minimum atomic E-state index is -0.446. The lowest BCUT2D eigenvalue weighted by molar-refractivity contribution is 0.00221. The van der Waals surface area contributed by atoms with Crippen LogP contribution in [0.4, 0.5) is 4.79 Å². The third-order valence-electron chi connectivity index (χ3n) is 2.54. The summed E-state index contributed by atoms with van der Waals surface area (Å²) in [5.41, 5.74) is -0.446. The normalized spacial score (nSPS) is 28.0. The van der Waals surface area contributed by atoms with Crippen LogP contribution in [-0.4, -0.2) is 46.2 Å². The van der Waals surface area contributed by atoms with Gasteiger partial charge in [-0.1, -0.05) is 0 Å². The second-order valence-corrected chi connectivity index (χ2v) is 5.85. The second-order valence-electron chi connectivity index (χ2n) is 5.41. The Bertz CT molecular complexity index is 265. The lowest BCUT2D eigenvalue weighted by atomic mass is 10.1. The van der Waals surface area contributed by atoms with Gasteiger partial charge in [-0.3, -0.25) is 0 Å². The van der Waals surface area contributed by atoms with E-state index in [1.54, 1.807) is 9.32 Å². The van der Waals surface area contributed by atoms with E-state index in [-0.39, 0.29) is 18.2 Å². The highest BCUT2D eigenvalue weighted by atomic mass is 35.5. The van der Waals surface area contributed by atoms with Crippen molar-refractivity contribution < 1.29 is 9.53 Å². The van der Waals surface area contributed by atoms with Gasteiger partial charge in [0.2, 0.25) is 0 Å². The van der Waals surface area contributed by atoms with E-state index in [0.29, 0.717) is 13.1 Å². The summed E-state index contributed by atoms with van der Waals surface area (Å²) >= 11 is 6.02. The summed E-state index contributed by atoms with van der Waals surface area (Å²) in [6.07, 6.45) is -0.253. The summed E-state index contributed by atoms with van der Waals surface area (Å²) in [6, 6.07) is 0.244.